The van der Waals surface area contributed by atoms with Gasteiger partial charge in [-0.15, -0.1) is 0 Å². The number of para-hydroxylation sites is 2. The first kappa shape index (κ1) is 30.0. The molecule has 0 radical (unpaired) electrons. The van der Waals surface area contributed by atoms with Gasteiger partial charge in [-0.3, -0.25) is 0 Å². The fraction of sp³-hybridized carbons (Fsp3) is 0. The smallest absolute Gasteiger partial charge is 0.180 e. The molecule has 5 heteroatoms. The standard InChI is InChI=1S/C50H29N3O2/c1-3-14-30(15-4-1)39-29-40-34-19-9-11-23-41(34)53(48(40)35-20-8-7-18-33(35)39)32-26-27-36-44(28-32)54-43-25-13-22-38(45(36)43)50-51-46(31-16-5-2-6-17-31)49-47(52-50)37-21-10-12-24-42(37)55-49/h1-29H. The van der Waals surface area contributed by atoms with Crippen LogP contribution in [0.15, 0.2) is 185 Å². The van der Waals surface area contributed by atoms with E-state index in [9.17, 15) is 0 Å². The maximum Gasteiger partial charge on any atom is 0.180 e. The summed E-state index contributed by atoms with van der Waals surface area (Å²) >= 11 is 0. The van der Waals surface area contributed by atoms with Crippen molar-refractivity contribution in [1.29, 1.82) is 0 Å². The van der Waals surface area contributed by atoms with Crippen molar-refractivity contribution in [2.75, 3.05) is 0 Å². The van der Waals surface area contributed by atoms with E-state index in [0.717, 1.165) is 66.4 Å². The van der Waals surface area contributed by atoms with Gasteiger partial charge >= 0.3 is 0 Å². The van der Waals surface area contributed by atoms with Gasteiger partial charge in [-0.2, -0.15) is 0 Å². The number of hydrogen-bond donors (Lipinski definition) is 0. The Morgan fingerprint density at radius 2 is 1.11 bits per heavy atom. The van der Waals surface area contributed by atoms with E-state index >= 15 is 0 Å². The molecule has 0 aliphatic heterocycles. The van der Waals surface area contributed by atoms with Crippen molar-refractivity contribution in [2.24, 2.45) is 0 Å². The molecule has 12 rings (SSSR count). The van der Waals surface area contributed by atoms with Crippen molar-refractivity contribution in [1.82, 2.24) is 14.5 Å². The molecule has 0 saturated heterocycles. The predicted octanol–water partition coefficient (Wildman–Crippen LogP) is 13.5. The Morgan fingerprint density at radius 3 is 1.95 bits per heavy atom. The quantitative estimate of drug-likeness (QED) is 0.183. The lowest BCUT2D eigenvalue weighted by atomic mass is 9.95. The number of furan rings is 2. The van der Waals surface area contributed by atoms with Crippen LogP contribution >= 0.6 is 0 Å². The zero-order chi connectivity index (χ0) is 36.0. The molecule has 0 saturated carbocycles. The summed E-state index contributed by atoms with van der Waals surface area (Å²) < 4.78 is 15.5. The molecule has 0 unspecified atom stereocenters. The molecule has 0 fully saturated rings. The van der Waals surface area contributed by atoms with E-state index in [1.54, 1.807) is 0 Å². The van der Waals surface area contributed by atoms with E-state index in [1.807, 2.05) is 48.5 Å². The predicted molar refractivity (Wildman–Crippen MR) is 225 cm³/mol. The van der Waals surface area contributed by atoms with E-state index in [-0.39, 0.29) is 0 Å². The lowest BCUT2D eigenvalue weighted by Crippen LogP contribution is -1.95. The minimum atomic E-state index is 0.623. The molecule has 256 valence electrons. The lowest BCUT2D eigenvalue weighted by molar-refractivity contribution is 0.667. The number of nitrogens with zero attached hydrogens (tertiary/aromatic N) is 3. The summed E-state index contributed by atoms with van der Waals surface area (Å²) in [6.45, 7) is 0. The first-order valence-corrected chi connectivity index (χ1v) is 18.5. The average Bonchev–Trinajstić information content (AvgIpc) is 3.93. The van der Waals surface area contributed by atoms with Gasteiger partial charge in [-0.1, -0.05) is 127 Å². The lowest BCUT2D eigenvalue weighted by Gasteiger charge is -2.13. The summed E-state index contributed by atoms with van der Waals surface area (Å²) in [5.74, 6) is 0.623. The third kappa shape index (κ3) is 4.41. The highest BCUT2D eigenvalue weighted by Crippen LogP contribution is 2.43. The number of hydrogen-bond acceptors (Lipinski definition) is 4. The van der Waals surface area contributed by atoms with Gasteiger partial charge in [-0.05, 0) is 59.0 Å². The molecule has 0 amide bonds. The molecule has 8 aromatic carbocycles. The SMILES string of the molecule is c1ccc(-c2cc3c4ccccc4n(-c4ccc5c(c4)oc4cccc(-c6nc(-c7ccccc7)c7oc8ccccc8c7n6)c45)c3c3ccccc23)cc1. The van der Waals surface area contributed by atoms with Crippen LogP contribution < -0.4 is 0 Å². The Bertz CT molecular complexity index is 3480. The van der Waals surface area contributed by atoms with E-state index in [4.69, 9.17) is 18.8 Å². The highest BCUT2D eigenvalue weighted by Gasteiger charge is 2.22. The van der Waals surface area contributed by atoms with Crippen LogP contribution in [0.4, 0.5) is 0 Å². The van der Waals surface area contributed by atoms with Crippen LogP contribution in [-0.2, 0) is 0 Å². The van der Waals surface area contributed by atoms with Crippen LogP contribution in [0.1, 0.15) is 0 Å². The Morgan fingerprint density at radius 1 is 0.418 bits per heavy atom. The molecule has 0 spiro atoms. The molecule has 12 aromatic rings. The molecule has 4 aromatic heterocycles. The molecule has 0 bridgehead atoms. The fourth-order valence-corrected chi connectivity index (χ4v) is 8.59. The van der Waals surface area contributed by atoms with Crippen molar-refractivity contribution in [2.45, 2.75) is 0 Å². The second-order valence-electron chi connectivity index (χ2n) is 14.1. The first-order valence-electron chi connectivity index (χ1n) is 18.5. The Hall–Kier alpha value is -7.50. The third-order valence-electron chi connectivity index (χ3n) is 11.0. The molecular formula is C50H29N3O2. The van der Waals surface area contributed by atoms with Crippen molar-refractivity contribution in [3.8, 4) is 39.5 Å². The molecule has 55 heavy (non-hydrogen) atoms. The van der Waals surface area contributed by atoms with Gasteiger partial charge in [0.05, 0.1) is 11.0 Å². The second-order valence-corrected chi connectivity index (χ2v) is 14.1. The van der Waals surface area contributed by atoms with Crippen molar-refractivity contribution in [3.63, 3.8) is 0 Å². The van der Waals surface area contributed by atoms with E-state index < -0.39 is 0 Å². The number of fused-ring (bicyclic) bond motifs is 11. The maximum absolute atomic E-state index is 6.71. The summed E-state index contributed by atoms with van der Waals surface area (Å²) in [4.78, 5) is 10.4. The maximum atomic E-state index is 6.71. The van der Waals surface area contributed by atoms with Gasteiger partial charge in [0.1, 0.15) is 28.0 Å². The van der Waals surface area contributed by atoms with Crippen molar-refractivity contribution >= 4 is 76.6 Å². The van der Waals surface area contributed by atoms with Gasteiger partial charge in [0.2, 0.25) is 0 Å². The summed E-state index contributed by atoms with van der Waals surface area (Å²) in [6.07, 6.45) is 0. The van der Waals surface area contributed by atoms with Crippen molar-refractivity contribution in [3.05, 3.63) is 176 Å². The summed E-state index contributed by atoms with van der Waals surface area (Å²) in [5.41, 5.74) is 12.3. The Labute approximate surface area is 314 Å². The van der Waals surface area contributed by atoms with Crippen LogP contribution in [0, 0.1) is 0 Å². The third-order valence-corrected chi connectivity index (χ3v) is 11.0. The number of aromatic nitrogens is 3. The van der Waals surface area contributed by atoms with E-state index in [2.05, 4.69) is 132 Å². The van der Waals surface area contributed by atoms with Crippen LogP contribution in [0.5, 0.6) is 0 Å². The fourth-order valence-electron chi connectivity index (χ4n) is 8.59. The average molecular weight is 704 g/mol. The van der Waals surface area contributed by atoms with Gasteiger partial charge in [0.25, 0.3) is 0 Å². The van der Waals surface area contributed by atoms with Crippen LogP contribution in [0.3, 0.4) is 0 Å². The van der Waals surface area contributed by atoms with Gasteiger partial charge in [0.15, 0.2) is 11.4 Å². The molecule has 5 nitrogen and oxygen atoms in total. The van der Waals surface area contributed by atoms with Crippen LogP contribution in [0.2, 0.25) is 0 Å². The van der Waals surface area contributed by atoms with Crippen LogP contribution in [-0.4, -0.2) is 14.5 Å². The molecule has 0 atom stereocenters. The Balaban J connectivity index is 1.10. The highest BCUT2D eigenvalue weighted by molar-refractivity contribution is 6.22. The minimum absolute atomic E-state index is 0.623. The molecule has 4 heterocycles. The molecule has 0 N–H and O–H groups in total. The van der Waals surface area contributed by atoms with Gasteiger partial charge in [-0.25, -0.2) is 9.97 Å². The molecular weight excluding hydrogens is 675 g/mol. The van der Waals surface area contributed by atoms with Crippen molar-refractivity contribution < 1.29 is 8.83 Å². The van der Waals surface area contributed by atoms with E-state index in [1.165, 1.54) is 38.2 Å². The van der Waals surface area contributed by atoms with Gasteiger partial charge < -0.3 is 13.4 Å². The summed E-state index contributed by atoms with van der Waals surface area (Å²) in [7, 11) is 0. The minimum Gasteiger partial charge on any atom is -0.456 e. The monoisotopic (exact) mass is 703 g/mol. The normalized spacial score (nSPS) is 12.0. The first-order chi connectivity index (χ1) is 27.3. The zero-order valence-electron chi connectivity index (χ0n) is 29.4. The largest absolute Gasteiger partial charge is 0.456 e. The van der Waals surface area contributed by atoms with Crippen LogP contribution in [0.25, 0.3) is 116 Å². The Kier molecular flexibility index (Phi) is 6.27. The summed E-state index contributed by atoms with van der Waals surface area (Å²) in [5, 5.41) is 7.80. The summed E-state index contributed by atoms with van der Waals surface area (Å²) in [6, 6.07) is 61.4. The molecule has 0 aliphatic rings. The number of benzene rings is 8. The second kappa shape index (κ2) is 11.5. The molecule has 0 aliphatic carbocycles. The van der Waals surface area contributed by atoms with E-state index in [0.29, 0.717) is 11.4 Å². The highest BCUT2D eigenvalue weighted by atomic mass is 16.3. The topological polar surface area (TPSA) is 57.0 Å². The zero-order valence-corrected chi connectivity index (χ0v) is 29.4. The number of rotatable bonds is 4. The van der Waals surface area contributed by atoms with Gasteiger partial charge in [0, 0.05) is 55.2 Å².